The minimum atomic E-state index is -0.118. The van der Waals surface area contributed by atoms with Gasteiger partial charge in [-0.15, -0.1) is 0 Å². The van der Waals surface area contributed by atoms with Crippen molar-refractivity contribution < 1.29 is 4.74 Å². The van der Waals surface area contributed by atoms with E-state index in [1.165, 1.54) is 5.56 Å². The van der Waals surface area contributed by atoms with E-state index in [2.05, 4.69) is 77.2 Å². The molecule has 1 heterocycles. The highest BCUT2D eigenvalue weighted by Gasteiger charge is 2.46. The molecule has 0 amide bonds. The van der Waals surface area contributed by atoms with Gasteiger partial charge in [0.2, 0.25) is 0 Å². The third kappa shape index (κ3) is 4.31. The first-order valence-electron chi connectivity index (χ1n) is 8.21. The minimum Gasteiger partial charge on any atom is -0.368 e. The van der Waals surface area contributed by atoms with Crippen LogP contribution in [0.1, 0.15) is 66.0 Å². The zero-order valence-electron chi connectivity index (χ0n) is 14.4. The van der Waals surface area contributed by atoms with E-state index in [0.29, 0.717) is 18.0 Å². The molecule has 118 valence electrons. The van der Waals surface area contributed by atoms with Crippen LogP contribution in [0, 0.1) is 5.92 Å². The predicted molar refractivity (Wildman–Crippen MR) is 89.4 cm³/mol. The fourth-order valence-electron chi connectivity index (χ4n) is 3.52. The van der Waals surface area contributed by atoms with Crippen molar-refractivity contribution in [2.75, 3.05) is 0 Å². The molecule has 1 aliphatic rings. The van der Waals surface area contributed by atoms with Crippen molar-refractivity contribution in [3.63, 3.8) is 0 Å². The van der Waals surface area contributed by atoms with E-state index in [0.717, 1.165) is 12.8 Å². The Morgan fingerprint density at radius 2 is 1.76 bits per heavy atom. The molecule has 1 aromatic carbocycles. The Morgan fingerprint density at radius 3 is 2.24 bits per heavy atom. The lowest BCUT2D eigenvalue weighted by Gasteiger charge is -2.32. The average Bonchev–Trinajstić information content (AvgIpc) is 2.56. The third-order valence-electron chi connectivity index (χ3n) is 4.39. The molecule has 0 spiro atoms. The summed E-state index contributed by atoms with van der Waals surface area (Å²) in [6.07, 6.45) is 2.21. The van der Waals surface area contributed by atoms with Crippen LogP contribution in [0.25, 0.3) is 0 Å². The summed E-state index contributed by atoms with van der Waals surface area (Å²) >= 11 is 0. The van der Waals surface area contributed by atoms with Gasteiger partial charge in [0.25, 0.3) is 0 Å². The molecule has 0 bridgehead atoms. The highest BCUT2D eigenvalue weighted by atomic mass is 16.5. The fourth-order valence-corrected chi connectivity index (χ4v) is 3.52. The van der Waals surface area contributed by atoms with Crippen molar-refractivity contribution in [1.82, 2.24) is 5.32 Å². The smallest absolute Gasteiger partial charge is 0.0787 e. The molecule has 0 saturated carbocycles. The first-order chi connectivity index (χ1) is 9.70. The van der Waals surface area contributed by atoms with Gasteiger partial charge in [0.1, 0.15) is 0 Å². The maximum absolute atomic E-state index is 6.23. The van der Waals surface area contributed by atoms with Crippen molar-refractivity contribution in [3.05, 3.63) is 35.9 Å². The van der Waals surface area contributed by atoms with Crippen molar-refractivity contribution in [3.8, 4) is 0 Å². The first kappa shape index (κ1) is 16.5. The Labute approximate surface area is 130 Å². The lowest BCUT2D eigenvalue weighted by atomic mass is 9.90. The van der Waals surface area contributed by atoms with Gasteiger partial charge >= 0.3 is 0 Å². The molecule has 1 fully saturated rings. The van der Waals surface area contributed by atoms with Crippen molar-refractivity contribution in [2.24, 2.45) is 5.92 Å². The SMILES string of the molecule is CC(C)CC(NC1CC(C)(C)OC1(C)C)c1ccccc1. The first-order valence-corrected chi connectivity index (χ1v) is 8.21. The summed E-state index contributed by atoms with van der Waals surface area (Å²) in [6, 6.07) is 11.6. The monoisotopic (exact) mass is 289 g/mol. The Morgan fingerprint density at radius 1 is 1.14 bits per heavy atom. The van der Waals surface area contributed by atoms with E-state index in [1.54, 1.807) is 0 Å². The van der Waals surface area contributed by atoms with Crippen LogP contribution < -0.4 is 5.32 Å². The van der Waals surface area contributed by atoms with Crippen LogP contribution in [0.5, 0.6) is 0 Å². The largest absolute Gasteiger partial charge is 0.368 e. The van der Waals surface area contributed by atoms with Crippen molar-refractivity contribution >= 4 is 0 Å². The molecule has 2 heteroatoms. The van der Waals surface area contributed by atoms with Gasteiger partial charge in [-0.05, 0) is 52.0 Å². The Bertz CT molecular complexity index is 450. The Kier molecular flexibility index (Phi) is 4.79. The fraction of sp³-hybridized carbons (Fsp3) is 0.684. The Hall–Kier alpha value is -0.860. The quantitative estimate of drug-likeness (QED) is 0.847. The number of rotatable bonds is 5. The van der Waals surface area contributed by atoms with Crippen molar-refractivity contribution in [1.29, 1.82) is 0 Å². The van der Waals surface area contributed by atoms with Crippen LogP contribution in [0.15, 0.2) is 30.3 Å². The van der Waals surface area contributed by atoms with Crippen LogP contribution in [-0.2, 0) is 4.74 Å². The molecule has 0 aliphatic carbocycles. The zero-order chi connectivity index (χ0) is 15.7. The van der Waals surface area contributed by atoms with E-state index in [4.69, 9.17) is 4.74 Å². The predicted octanol–water partition coefficient (Wildman–Crippen LogP) is 4.71. The van der Waals surface area contributed by atoms with Gasteiger partial charge in [-0.1, -0.05) is 44.2 Å². The minimum absolute atomic E-state index is 0.0414. The summed E-state index contributed by atoms with van der Waals surface area (Å²) in [5, 5.41) is 3.88. The maximum atomic E-state index is 6.23. The number of hydrogen-bond acceptors (Lipinski definition) is 2. The normalized spacial score (nSPS) is 25.2. The van der Waals surface area contributed by atoms with E-state index in [1.807, 2.05) is 0 Å². The molecule has 0 aromatic heterocycles. The van der Waals surface area contributed by atoms with Gasteiger partial charge in [-0.25, -0.2) is 0 Å². The second kappa shape index (κ2) is 6.10. The molecule has 2 rings (SSSR count). The van der Waals surface area contributed by atoms with Crippen LogP contribution >= 0.6 is 0 Å². The maximum Gasteiger partial charge on any atom is 0.0787 e. The number of benzene rings is 1. The van der Waals surface area contributed by atoms with Gasteiger partial charge in [0.05, 0.1) is 11.2 Å². The summed E-state index contributed by atoms with van der Waals surface area (Å²) in [4.78, 5) is 0. The molecule has 2 unspecified atom stereocenters. The number of nitrogens with one attached hydrogen (secondary N) is 1. The van der Waals surface area contributed by atoms with Crippen LogP contribution in [0.3, 0.4) is 0 Å². The lowest BCUT2D eigenvalue weighted by Crippen LogP contribution is -2.45. The number of hydrogen-bond donors (Lipinski definition) is 1. The van der Waals surface area contributed by atoms with Crippen LogP contribution in [0.4, 0.5) is 0 Å². The summed E-state index contributed by atoms with van der Waals surface area (Å²) in [7, 11) is 0. The van der Waals surface area contributed by atoms with Gasteiger partial charge in [0, 0.05) is 12.1 Å². The average molecular weight is 289 g/mol. The lowest BCUT2D eigenvalue weighted by molar-refractivity contribution is -0.0706. The second-order valence-corrected chi connectivity index (χ2v) is 7.98. The van der Waals surface area contributed by atoms with Gasteiger partial charge in [-0.3, -0.25) is 0 Å². The molecule has 2 nitrogen and oxygen atoms in total. The summed E-state index contributed by atoms with van der Waals surface area (Å²) in [5.41, 5.74) is 1.22. The number of ether oxygens (including phenoxy) is 1. The third-order valence-corrected chi connectivity index (χ3v) is 4.39. The molecule has 1 aromatic rings. The van der Waals surface area contributed by atoms with Gasteiger partial charge in [-0.2, -0.15) is 0 Å². The molecular weight excluding hydrogens is 258 g/mol. The summed E-state index contributed by atoms with van der Waals surface area (Å²) in [5.74, 6) is 0.668. The Balaban J connectivity index is 2.16. The summed E-state index contributed by atoms with van der Waals surface area (Å²) < 4.78 is 6.23. The molecular formula is C19H31NO. The molecule has 2 atom stereocenters. The standard InChI is InChI=1S/C19H31NO/c1-14(2)12-16(15-10-8-7-9-11-15)20-17-13-18(3,4)21-19(17,5)6/h7-11,14,16-17,20H,12-13H2,1-6H3. The molecule has 0 radical (unpaired) electrons. The molecule has 1 aliphatic heterocycles. The van der Waals surface area contributed by atoms with E-state index in [-0.39, 0.29) is 11.2 Å². The zero-order valence-corrected chi connectivity index (χ0v) is 14.4. The van der Waals surface area contributed by atoms with E-state index < -0.39 is 0 Å². The van der Waals surface area contributed by atoms with E-state index in [9.17, 15) is 0 Å². The molecule has 1 saturated heterocycles. The highest BCUT2D eigenvalue weighted by molar-refractivity contribution is 5.19. The second-order valence-electron chi connectivity index (χ2n) is 7.98. The van der Waals surface area contributed by atoms with Gasteiger partial charge in [0.15, 0.2) is 0 Å². The van der Waals surface area contributed by atoms with Crippen LogP contribution in [-0.4, -0.2) is 17.2 Å². The van der Waals surface area contributed by atoms with Crippen LogP contribution in [0.2, 0.25) is 0 Å². The topological polar surface area (TPSA) is 21.3 Å². The molecule has 1 N–H and O–H groups in total. The van der Waals surface area contributed by atoms with E-state index >= 15 is 0 Å². The van der Waals surface area contributed by atoms with Crippen molar-refractivity contribution in [2.45, 2.75) is 77.7 Å². The molecule has 21 heavy (non-hydrogen) atoms. The highest BCUT2D eigenvalue weighted by Crippen LogP contribution is 2.38. The summed E-state index contributed by atoms with van der Waals surface area (Å²) in [6.45, 7) is 13.4. The van der Waals surface area contributed by atoms with Gasteiger partial charge < -0.3 is 10.1 Å².